The highest BCUT2D eigenvalue weighted by atomic mass is 16.3. The summed E-state index contributed by atoms with van der Waals surface area (Å²) in [6.45, 7) is -0.709. The van der Waals surface area contributed by atoms with Crippen LogP contribution in [0.2, 0.25) is 0 Å². The number of aliphatic hydroxyl groups is 1. The molecule has 0 aromatic carbocycles. The Bertz CT molecular complexity index is 172. The van der Waals surface area contributed by atoms with Crippen molar-refractivity contribution in [1.82, 2.24) is 10.7 Å². The summed E-state index contributed by atoms with van der Waals surface area (Å²) in [6.07, 6.45) is 0. The third-order valence-electron chi connectivity index (χ3n) is 1.12. The molecular formula is C5H12N4O3. The van der Waals surface area contributed by atoms with Crippen molar-refractivity contribution in [3.05, 3.63) is 0 Å². The quantitative estimate of drug-likeness (QED) is 0.172. The fourth-order valence-corrected chi connectivity index (χ4v) is 0.432. The number of carbonyl (C=O) groups excluding carboxylic acids is 2. The maximum absolute atomic E-state index is 10.8. The zero-order valence-electron chi connectivity index (χ0n) is 6.41. The molecule has 0 spiro atoms. The number of hydrogen-bond donors (Lipinski definition) is 5. The van der Waals surface area contributed by atoms with E-state index in [0.29, 0.717) is 0 Å². The number of nitrogens with one attached hydrogen (secondary N) is 2. The van der Waals surface area contributed by atoms with Gasteiger partial charge in [-0.15, -0.1) is 0 Å². The van der Waals surface area contributed by atoms with Crippen molar-refractivity contribution < 1.29 is 14.7 Å². The first kappa shape index (κ1) is 10.8. The lowest BCUT2D eigenvalue weighted by Gasteiger charge is -2.07. The van der Waals surface area contributed by atoms with Crippen LogP contribution in [0.5, 0.6) is 0 Å². The van der Waals surface area contributed by atoms with Crippen molar-refractivity contribution in [1.29, 1.82) is 0 Å². The first-order valence-electron chi connectivity index (χ1n) is 3.25. The standard InChI is InChI=1S/C5H12N4O3/c6-3(2-10)5(12)8-1-4(11)9-7/h3,10H,1-2,6-7H2,(H,8,12)(H,9,11)/t3-/m0/s1. The van der Waals surface area contributed by atoms with E-state index in [-0.39, 0.29) is 6.54 Å². The van der Waals surface area contributed by atoms with Crippen LogP contribution in [0.1, 0.15) is 0 Å². The zero-order valence-corrected chi connectivity index (χ0v) is 6.41. The Labute approximate surface area is 69.1 Å². The van der Waals surface area contributed by atoms with E-state index in [0.717, 1.165) is 0 Å². The molecule has 0 radical (unpaired) electrons. The van der Waals surface area contributed by atoms with Crippen molar-refractivity contribution >= 4 is 11.8 Å². The number of hydrogen-bond acceptors (Lipinski definition) is 5. The lowest BCUT2D eigenvalue weighted by Crippen LogP contribution is -2.47. The van der Waals surface area contributed by atoms with Gasteiger partial charge >= 0.3 is 0 Å². The third kappa shape index (κ3) is 3.86. The highest BCUT2D eigenvalue weighted by Gasteiger charge is 2.11. The van der Waals surface area contributed by atoms with Gasteiger partial charge in [-0.3, -0.25) is 15.0 Å². The van der Waals surface area contributed by atoms with Crippen LogP contribution in [0, 0.1) is 0 Å². The van der Waals surface area contributed by atoms with Crippen LogP contribution in [-0.4, -0.2) is 36.1 Å². The molecule has 0 aromatic rings. The summed E-state index contributed by atoms with van der Waals surface area (Å²) in [7, 11) is 0. The second-order valence-electron chi connectivity index (χ2n) is 2.07. The number of carbonyl (C=O) groups is 2. The molecule has 0 fully saturated rings. The maximum Gasteiger partial charge on any atom is 0.253 e. The average Bonchev–Trinajstić information content (AvgIpc) is 2.11. The molecule has 0 aliphatic carbocycles. The van der Waals surface area contributed by atoms with Gasteiger partial charge in [-0.05, 0) is 0 Å². The van der Waals surface area contributed by atoms with Crippen LogP contribution in [0.4, 0.5) is 0 Å². The zero-order chi connectivity index (χ0) is 9.56. The van der Waals surface area contributed by atoms with Gasteiger partial charge in [0.2, 0.25) is 5.91 Å². The van der Waals surface area contributed by atoms with Crippen molar-refractivity contribution in [2.75, 3.05) is 13.2 Å². The predicted octanol–water partition coefficient (Wildman–Crippen LogP) is -3.59. The van der Waals surface area contributed by atoms with Crippen LogP contribution in [0.25, 0.3) is 0 Å². The molecule has 0 unspecified atom stereocenters. The van der Waals surface area contributed by atoms with Gasteiger partial charge in [0.15, 0.2) is 0 Å². The summed E-state index contributed by atoms with van der Waals surface area (Å²) >= 11 is 0. The van der Waals surface area contributed by atoms with Crippen molar-refractivity contribution in [2.45, 2.75) is 6.04 Å². The Morgan fingerprint density at radius 1 is 1.50 bits per heavy atom. The van der Waals surface area contributed by atoms with Gasteiger partial charge in [-0.1, -0.05) is 0 Å². The van der Waals surface area contributed by atoms with E-state index in [2.05, 4.69) is 5.32 Å². The summed E-state index contributed by atoms with van der Waals surface area (Å²) in [4.78, 5) is 21.3. The minimum atomic E-state index is -1.00. The van der Waals surface area contributed by atoms with E-state index in [1.807, 2.05) is 5.43 Å². The van der Waals surface area contributed by atoms with Gasteiger partial charge in [-0.2, -0.15) is 0 Å². The molecule has 7 heteroatoms. The molecule has 0 heterocycles. The molecule has 0 aromatic heterocycles. The minimum absolute atomic E-state index is 0.247. The number of hydrazine groups is 1. The molecule has 0 saturated carbocycles. The highest BCUT2D eigenvalue weighted by Crippen LogP contribution is 1.74. The smallest absolute Gasteiger partial charge is 0.253 e. The monoisotopic (exact) mass is 176 g/mol. The maximum atomic E-state index is 10.8. The summed E-state index contributed by atoms with van der Waals surface area (Å²) in [5.41, 5.74) is 6.94. The van der Waals surface area contributed by atoms with Crippen LogP contribution < -0.4 is 22.3 Å². The topological polar surface area (TPSA) is 130 Å². The van der Waals surface area contributed by atoms with Crippen LogP contribution in [-0.2, 0) is 9.59 Å². The Kier molecular flexibility index (Phi) is 4.93. The van der Waals surface area contributed by atoms with E-state index in [4.69, 9.17) is 16.7 Å². The van der Waals surface area contributed by atoms with Crippen molar-refractivity contribution in [3.8, 4) is 0 Å². The first-order chi connectivity index (χ1) is 5.61. The molecule has 7 nitrogen and oxygen atoms in total. The molecule has 0 saturated heterocycles. The van der Waals surface area contributed by atoms with Crippen LogP contribution in [0.15, 0.2) is 0 Å². The predicted molar refractivity (Wildman–Crippen MR) is 40.4 cm³/mol. The fraction of sp³-hybridized carbons (Fsp3) is 0.600. The Hall–Kier alpha value is -1.18. The van der Waals surface area contributed by atoms with E-state index in [1.54, 1.807) is 0 Å². The summed E-state index contributed by atoms with van der Waals surface area (Å²) in [6, 6.07) is -1.00. The Morgan fingerprint density at radius 2 is 2.08 bits per heavy atom. The molecule has 0 aliphatic heterocycles. The van der Waals surface area contributed by atoms with Gasteiger partial charge in [0.05, 0.1) is 13.2 Å². The van der Waals surface area contributed by atoms with Gasteiger partial charge < -0.3 is 16.2 Å². The summed E-state index contributed by atoms with van der Waals surface area (Å²) < 4.78 is 0. The molecule has 0 aliphatic rings. The molecule has 0 bridgehead atoms. The van der Waals surface area contributed by atoms with Gasteiger partial charge in [-0.25, -0.2) is 5.84 Å². The second-order valence-corrected chi connectivity index (χ2v) is 2.07. The molecule has 12 heavy (non-hydrogen) atoms. The van der Waals surface area contributed by atoms with Crippen LogP contribution >= 0.6 is 0 Å². The second kappa shape index (κ2) is 5.47. The van der Waals surface area contributed by atoms with Gasteiger partial charge in [0.1, 0.15) is 6.04 Å². The Morgan fingerprint density at radius 3 is 2.50 bits per heavy atom. The van der Waals surface area contributed by atoms with Gasteiger partial charge in [0.25, 0.3) is 5.91 Å². The lowest BCUT2D eigenvalue weighted by atomic mass is 10.3. The normalized spacial score (nSPS) is 11.9. The van der Waals surface area contributed by atoms with E-state index >= 15 is 0 Å². The van der Waals surface area contributed by atoms with Crippen molar-refractivity contribution in [3.63, 3.8) is 0 Å². The summed E-state index contributed by atoms with van der Waals surface area (Å²) in [5, 5.41) is 10.6. The minimum Gasteiger partial charge on any atom is -0.394 e. The molecule has 70 valence electrons. The molecule has 0 rings (SSSR count). The first-order valence-corrected chi connectivity index (χ1v) is 3.25. The molecule has 2 amide bonds. The highest BCUT2D eigenvalue weighted by molar-refractivity contribution is 5.87. The molecule has 7 N–H and O–H groups in total. The molecule has 1 atom stereocenters. The number of nitrogens with two attached hydrogens (primary N) is 2. The average molecular weight is 176 g/mol. The van der Waals surface area contributed by atoms with E-state index in [1.165, 1.54) is 0 Å². The van der Waals surface area contributed by atoms with Crippen LogP contribution in [0.3, 0.4) is 0 Å². The summed E-state index contributed by atoms with van der Waals surface area (Å²) in [5.74, 6) is 3.61. The van der Waals surface area contributed by atoms with Gasteiger partial charge in [0, 0.05) is 0 Å². The third-order valence-corrected chi connectivity index (χ3v) is 1.12. The Balaban J connectivity index is 3.64. The number of amides is 2. The van der Waals surface area contributed by atoms with Crippen molar-refractivity contribution in [2.24, 2.45) is 11.6 Å². The van der Waals surface area contributed by atoms with E-state index in [9.17, 15) is 9.59 Å². The number of rotatable bonds is 4. The lowest BCUT2D eigenvalue weighted by molar-refractivity contribution is -0.127. The largest absolute Gasteiger partial charge is 0.394 e. The SMILES string of the molecule is NNC(=O)CNC(=O)[C@@H](N)CO. The number of aliphatic hydroxyl groups excluding tert-OH is 1. The fourth-order valence-electron chi connectivity index (χ4n) is 0.432. The van der Waals surface area contributed by atoms with E-state index < -0.39 is 24.5 Å². The molecular weight excluding hydrogens is 164 g/mol.